The zero-order valence-electron chi connectivity index (χ0n) is 22.2. The lowest BCUT2D eigenvalue weighted by atomic mass is 9.94. The maximum Gasteiger partial charge on any atom is 0.295 e. The van der Waals surface area contributed by atoms with Crippen LogP contribution in [0.5, 0.6) is 17.2 Å². The van der Waals surface area contributed by atoms with Crippen molar-refractivity contribution in [3.63, 3.8) is 0 Å². The van der Waals surface area contributed by atoms with E-state index in [1.807, 2.05) is 13.0 Å². The third kappa shape index (κ3) is 5.16. The molecule has 0 radical (unpaired) electrons. The average molecular weight is 509 g/mol. The van der Waals surface area contributed by atoms with E-state index < -0.39 is 17.7 Å². The largest absolute Gasteiger partial charge is 0.507 e. The summed E-state index contributed by atoms with van der Waals surface area (Å²) in [6.07, 6.45) is 1.47. The van der Waals surface area contributed by atoms with Crippen LogP contribution in [-0.2, 0) is 16.0 Å². The van der Waals surface area contributed by atoms with Crippen LogP contribution < -0.4 is 14.2 Å². The van der Waals surface area contributed by atoms with Crippen LogP contribution in [0.3, 0.4) is 0 Å². The summed E-state index contributed by atoms with van der Waals surface area (Å²) in [5.74, 6) is 0.309. The maximum atomic E-state index is 13.4. The van der Waals surface area contributed by atoms with Gasteiger partial charge in [-0.1, -0.05) is 19.9 Å². The number of carbonyl (C=O) groups is 2. The molecular weight excluding hydrogens is 472 g/mol. The van der Waals surface area contributed by atoms with Gasteiger partial charge in [-0.15, -0.1) is 0 Å². The summed E-state index contributed by atoms with van der Waals surface area (Å²) < 4.78 is 16.7. The van der Waals surface area contributed by atoms with Crippen molar-refractivity contribution in [1.82, 2.24) is 9.80 Å². The number of benzene rings is 2. The van der Waals surface area contributed by atoms with Gasteiger partial charge in [0.2, 0.25) is 0 Å². The van der Waals surface area contributed by atoms with Crippen LogP contribution in [0.1, 0.15) is 49.9 Å². The summed E-state index contributed by atoms with van der Waals surface area (Å²) in [5.41, 5.74) is 2.20. The van der Waals surface area contributed by atoms with Crippen molar-refractivity contribution in [2.75, 3.05) is 40.4 Å². The molecule has 2 heterocycles. The Bertz CT molecular complexity index is 1200. The predicted molar refractivity (Wildman–Crippen MR) is 141 cm³/mol. The Morgan fingerprint density at radius 2 is 1.81 bits per heavy atom. The number of Topliss-reactive ketones (excluding diaryl/α,β-unsaturated/α-hetero) is 1. The van der Waals surface area contributed by atoms with E-state index in [4.69, 9.17) is 14.2 Å². The summed E-state index contributed by atoms with van der Waals surface area (Å²) in [4.78, 5) is 30.5. The Labute approximate surface area is 218 Å². The molecule has 1 amide bonds. The van der Waals surface area contributed by atoms with Gasteiger partial charge in [-0.2, -0.15) is 0 Å². The van der Waals surface area contributed by atoms with Crippen LogP contribution in [0, 0.1) is 0 Å². The molecule has 1 fully saturated rings. The minimum absolute atomic E-state index is 0.0514. The van der Waals surface area contributed by atoms with Gasteiger partial charge in [-0.25, -0.2) is 0 Å². The number of ketones is 1. The molecule has 8 heteroatoms. The number of fused-ring (bicyclic) bond motifs is 1. The number of ether oxygens (including phenoxy) is 3. The molecule has 4 rings (SSSR count). The molecule has 2 aromatic rings. The lowest BCUT2D eigenvalue weighted by Crippen LogP contribution is -2.33. The van der Waals surface area contributed by atoms with Gasteiger partial charge in [0, 0.05) is 18.5 Å². The molecule has 2 unspecified atom stereocenters. The van der Waals surface area contributed by atoms with Gasteiger partial charge < -0.3 is 29.1 Å². The van der Waals surface area contributed by atoms with Gasteiger partial charge in [-0.3, -0.25) is 9.59 Å². The first kappa shape index (κ1) is 26.5. The van der Waals surface area contributed by atoms with Crippen LogP contribution >= 0.6 is 0 Å². The van der Waals surface area contributed by atoms with E-state index in [1.54, 1.807) is 42.3 Å². The van der Waals surface area contributed by atoms with Crippen molar-refractivity contribution in [3.8, 4) is 17.2 Å². The topological polar surface area (TPSA) is 88.5 Å². The second-order valence-electron chi connectivity index (χ2n) is 9.44. The number of rotatable bonds is 10. The number of carbonyl (C=O) groups excluding carboxylic acids is 2. The molecule has 0 saturated carbocycles. The summed E-state index contributed by atoms with van der Waals surface area (Å²) in [6.45, 7) is 9.19. The molecule has 1 N–H and O–H groups in total. The van der Waals surface area contributed by atoms with Crippen LogP contribution in [0.15, 0.2) is 42.0 Å². The molecule has 1 saturated heterocycles. The summed E-state index contributed by atoms with van der Waals surface area (Å²) >= 11 is 0. The minimum Gasteiger partial charge on any atom is -0.507 e. The van der Waals surface area contributed by atoms with Crippen molar-refractivity contribution in [2.45, 2.75) is 45.8 Å². The number of aliphatic hydroxyl groups excluding tert-OH is 1. The molecular formula is C29H36N2O6. The van der Waals surface area contributed by atoms with Crippen molar-refractivity contribution in [3.05, 3.63) is 58.7 Å². The first-order valence-electron chi connectivity index (χ1n) is 12.8. The number of hydrogen-bond acceptors (Lipinski definition) is 7. The quantitative estimate of drug-likeness (QED) is 0.293. The molecule has 2 aliphatic heterocycles. The maximum absolute atomic E-state index is 13.4. The second kappa shape index (κ2) is 11.3. The number of nitrogens with zero attached hydrogens (tertiary/aromatic N) is 2. The highest BCUT2D eigenvalue weighted by atomic mass is 16.5. The standard InChI is InChI=1S/C29H36N2O6/c1-6-30(7-2)13-8-14-31-26(19-9-12-23(35-4)24(17-19)36-5)25(28(33)29(31)34)27(32)20-10-11-22-21(16-20)15-18(3)37-22/h9-12,16-18,26,32H,6-8,13-15H2,1-5H3. The molecule has 0 bridgehead atoms. The number of hydrogen-bond donors (Lipinski definition) is 1. The van der Waals surface area contributed by atoms with Gasteiger partial charge in [0.25, 0.3) is 11.7 Å². The van der Waals surface area contributed by atoms with E-state index >= 15 is 0 Å². The van der Waals surface area contributed by atoms with Crippen molar-refractivity contribution in [1.29, 1.82) is 0 Å². The van der Waals surface area contributed by atoms with Gasteiger partial charge in [0.1, 0.15) is 17.6 Å². The lowest BCUT2D eigenvalue weighted by Gasteiger charge is -2.27. The first-order valence-corrected chi connectivity index (χ1v) is 12.8. The van der Waals surface area contributed by atoms with Crippen molar-refractivity contribution < 1.29 is 28.9 Å². The Morgan fingerprint density at radius 3 is 2.49 bits per heavy atom. The SMILES string of the molecule is CCN(CC)CCCN1C(=O)C(=O)C(=C(O)c2ccc3c(c2)CC(C)O3)C1c1ccc(OC)c(OC)c1. The molecule has 0 spiro atoms. The van der Waals surface area contributed by atoms with Crippen LogP contribution in [0.25, 0.3) is 5.76 Å². The third-order valence-electron chi connectivity index (χ3n) is 7.20. The molecule has 37 heavy (non-hydrogen) atoms. The number of likely N-dealkylation sites (tertiary alicyclic amines) is 1. The number of aliphatic hydroxyl groups is 1. The van der Waals surface area contributed by atoms with Gasteiger partial charge in [0.15, 0.2) is 11.5 Å². The Balaban J connectivity index is 1.78. The zero-order valence-corrected chi connectivity index (χ0v) is 22.2. The second-order valence-corrected chi connectivity index (χ2v) is 9.44. The lowest BCUT2D eigenvalue weighted by molar-refractivity contribution is -0.140. The van der Waals surface area contributed by atoms with Crippen LogP contribution in [-0.4, -0.2) is 73.1 Å². The Kier molecular flexibility index (Phi) is 8.07. The Hall–Kier alpha value is -3.52. The highest BCUT2D eigenvalue weighted by molar-refractivity contribution is 6.46. The highest BCUT2D eigenvalue weighted by Gasteiger charge is 2.46. The molecule has 2 aromatic carbocycles. The fourth-order valence-corrected chi connectivity index (χ4v) is 5.21. The van der Waals surface area contributed by atoms with Crippen molar-refractivity contribution >= 4 is 17.4 Å². The molecule has 0 aromatic heterocycles. The van der Waals surface area contributed by atoms with E-state index in [9.17, 15) is 14.7 Å². The van der Waals surface area contributed by atoms with Crippen LogP contribution in [0.4, 0.5) is 0 Å². The van der Waals surface area contributed by atoms with E-state index in [0.717, 1.165) is 37.4 Å². The van der Waals surface area contributed by atoms with E-state index in [1.165, 1.54) is 7.11 Å². The molecule has 8 nitrogen and oxygen atoms in total. The van der Waals surface area contributed by atoms with Crippen molar-refractivity contribution in [2.24, 2.45) is 0 Å². The monoisotopic (exact) mass is 508 g/mol. The summed E-state index contributed by atoms with van der Waals surface area (Å²) in [7, 11) is 3.09. The Morgan fingerprint density at radius 1 is 1.08 bits per heavy atom. The number of methoxy groups -OCH3 is 2. The van der Waals surface area contributed by atoms with Gasteiger partial charge in [-0.05, 0) is 74.4 Å². The summed E-state index contributed by atoms with van der Waals surface area (Å²) in [6, 6.07) is 9.94. The highest BCUT2D eigenvalue weighted by Crippen LogP contribution is 2.42. The molecule has 2 atom stereocenters. The third-order valence-corrected chi connectivity index (χ3v) is 7.20. The number of amides is 1. The van der Waals surface area contributed by atoms with Gasteiger partial charge in [0.05, 0.1) is 25.8 Å². The minimum atomic E-state index is -0.750. The van der Waals surface area contributed by atoms with Crippen LogP contribution in [0.2, 0.25) is 0 Å². The normalized spacial score (nSPS) is 20.3. The smallest absolute Gasteiger partial charge is 0.295 e. The van der Waals surface area contributed by atoms with E-state index in [0.29, 0.717) is 35.6 Å². The van der Waals surface area contributed by atoms with Gasteiger partial charge >= 0.3 is 0 Å². The van der Waals surface area contributed by atoms with E-state index in [-0.39, 0.29) is 17.4 Å². The first-order chi connectivity index (χ1) is 17.8. The summed E-state index contributed by atoms with van der Waals surface area (Å²) in [5, 5.41) is 11.4. The zero-order chi connectivity index (χ0) is 26.7. The molecule has 0 aliphatic carbocycles. The molecule has 2 aliphatic rings. The predicted octanol–water partition coefficient (Wildman–Crippen LogP) is 4.18. The molecule has 198 valence electrons. The fraction of sp³-hybridized carbons (Fsp3) is 0.448. The average Bonchev–Trinajstić information content (AvgIpc) is 3.41. The fourth-order valence-electron chi connectivity index (χ4n) is 5.21. The van der Waals surface area contributed by atoms with E-state index in [2.05, 4.69) is 18.7 Å².